The van der Waals surface area contributed by atoms with Crippen molar-refractivity contribution in [2.45, 2.75) is 6.92 Å². The van der Waals surface area contributed by atoms with Gasteiger partial charge in [0.1, 0.15) is 0 Å². The van der Waals surface area contributed by atoms with Crippen LogP contribution >= 0.6 is 15.9 Å². The third kappa shape index (κ3) is 3.80. The summed E-state index contributed by atoms with van der Waals surface area (Å²) in [6.45, 7) is 5.61. The Hall–Kier alpha value is -0.0400. The second-order valence-corrected chi connectivity index (χ2v) is 1.95. The summed E-state index contributed by atoms with van der Waals surface area (Å²) >= 11 is 3.27. The Morgan fingerprint density at radius 1 is 1.86 bits per heavy atom. The van der Waals surface area contributed by atoms with Crippen LogP contribution < -0.4 is 0 Å². The van der Waals surface area contributed by atoms with E-state index in [4.69, 9.17) is 0 Å². The Bertz CT molecular complexity index is 82.2. The van der Waals surface area contributed by atoms with Crippen molar-refractivity contribution in [1.29, 1.82) is 0 Å². The first-order valence-electron chi connectivity index (χ1n) is 2.16. The van der Waals surface area contributed by atoms with Crippen molar-refractivity contribution in [2.75, 3.05) is 5.33 Å². The van der Waals surface area contributed by atoms with Crippen molar-refractivity contribution in [1.82, 2.24) is 0 Å². The largest absolute Gasteiger partial charge is 0.0988 e. The van der Waals surface area contributed by atoms with E-state index in [2.05, 4.69) is 28.6 Å². The topological polar surface area (TPSA) is 0 Å². The highest BCUT2D eigenvalue weighted by atomic mass is 79.9. The molecular formula is C6H9Br. The lowest BCUT2D eigenvalue weighted by Gasteiger charge is -1.82. The fourth-order valence-corrected chi connectivity index (χ4v) is 0.716. The minimum absolute atomic E-state index is 0.921. The number of hydrogen-bond acceptors (Lipinski definition) is 0. The molecule has 0 amide bonds. The molecule has 0 bridgehead atoms. The Labute approximate surface area is 53.1 Å². The lowest BCUT2D eigenvalue weighted by Crippen LogP contribution is -1.65. The van der Waals surface area contributed by atoms with Gasteiger partial charge in [-0.05, 0) is 6.92 Å². The molecule has 0 nitrogen and oxygen atoms in total. The molecule has 0 saturated carbocycles. The van der Waals surface area contributed by atoms with Gasteiger partial charge in [0, 0.05) is 5.33 Å². The van der Waals surface area contributed by atoms with Gasteiger partial charge in [0.15, 0.2) is 0 Å². The zero-order valence-corrected chi connectivity index (χ0v) is 6.03. The van der Waals surface area contributed by atoms with E-state index in [1.807, 2.05) is 13.0 Å². The molecule has 0 aromatic rings. The van der Waals surface area contributed by atoms with Crippen LogP contribution in [0.4, 0.5) is 0 Å². The fourth-order valence-electron chi connectivity index (χ4n) is 0.205. The minimum Gasteiger partial charge on any atom is -0.0988 e. The van der Waals surface area contributed by atoms with Crippen LogP contribution in [-0.4, -0.2) is 5.33 Å². The van der Waals surface area contributed by atoms with E-state index in [0.29, 0.717) is 0 Å². The monoisotopic (exact) mass is 160 g/mol. The number of allylic oxidation sites excluding steroid dienone is 3. The molecule has 0 spiro atoms. The normalized spacial score (nSPS) is 11.4. The highest BCUT2D eigenvalue weighted by molar-refractivity contribution is 9.09. The van der Waals surface area contributed by atoms with Crippen LogP contribution in [0.15, 0.2) is 24.3 Å². The zero-order valence-electron chi connectivity index (χ0n) is 4.45. The Balaban J connectivity index is 3.49. The van der Waals surface area contributed by atoms with Crippen molar-refractivity contribution in [3.63, 3.8) is 0 Å². The average Bonchev–Trinajstić information content (AvgIpc) is 1.68. The number of rotatable bonds is 2. The molecular weight excluding hydrogens is 152 g/mol. The van der Waals surface area contributed by atoms with Crippen LogP contribution in [0.1, 0.15) is 6.92 Å². The number of halogens is 1. The first-order valence-corrected chi connectivity index (χ1v) is 3.28. The molecule has 0 saturated heterocycles. The highest BCUT2D eigenvalue weighted by Crippen LogP contribution is 1.93. The zero-order chi connectivity index (χ0) is 5.70. The minimum atomic E-state index is 0.921. The second-order valence-electron chi connectivity index (χ2n) is 1.31. The Morgan fingerprint density at radius 3 is 2.57 bits per heavy atom. The van der Waals surface area contributed by atoms with Gasteiger partial charge in [-0.2, -0.15) is 0 Å². The standard InChI is InChI=1S/C6H9Br/c1-3-6(2)4-5-7/h3-4H,1,5H2,2H3/b6-4+. The molecule has 0 rings (SSSR count). The lowest BCUT2D eigenvalue weighted by molar-refractivity contribution is 1.50. The van der Waals surface area contributed by atoms with Crippen LogP contribution in [0.2, 0.25) is 0 Å². The molecule has 0 aliphatic rings. The van der Waals surface area contributed by atoms with Gasteiger partial charge in [0.25, 0.3) is 0 Å². The fraction of sp³-hybridized carbons (Fsp3) is 0.333. The summed E-state index contributed by atoms with van der Waals surface area (Å²) in [5.41, 5.74) is 1.22. The summed E-state index contributed by atoms with van der Waals surface area (Å²) in [6.07, 6.45) is 3.90. The van der Waals surface area contributed by atoms with E-state index in [1.165, 1.54) is 5.57 Å². The predicted molar refractivity (Wildman–Crippen MR) is 37.7 cm³/mol. The van der Waals surface area contributed by atoms with Crippen LogP contribution in [0, 0.1) is 0 Å². The van der Waals surface area contributed by atoms with Crippen molar-refractivity contribution in [2.24, 2.45) is 0 Å². The first kappa shape index (κ1) is 6.96. The van der Waals surface area contributed by atoms with Crippen molar-refractivity contribution in [3.8, 4) is 0 Å². The van der Waals surface area contributed by atoms with Gasteiger partial charge in [-0.15, -0.1) is 0 Å². The molecule has 0 aromatic heterocycles. The maximum atomic E-state index is 3.59. The highest BCUT2D eigenvalue weighted by Gasteiger charge is 1.72. The SMILES string of the molecule is C=C/C(C)=C/CBr. The Kier molecular flexibility index (Phi) is 4.10. The molecule has 7 heavy (non-hydrogen) atoms. The van der Waals surface area contributed by atoms with Crippen LogP contribution in [0.25, 0.3) is 0 Å². The average molecular weight is 161 g/mol. The molecule has 0 aromatic carbocycles. The lowest BCUT2D eigenvalue weighted by atomic mass is 10.3. The van der Waals surface area contributed by atoms with Gasteiger partial charge >= 0.3 is 0 Å². The predicted octanol–water partition coefficient (Wildman–Crippen LogP) is 2.51. The molecule has 0 unspecified atom stereocenters. The van der Waals surface area contributed by atoms with Gasteiger partial charge in [-0.3, -0.25) is 0 Å². The van der Waals surface area contributed by atoms with E-state index in [1.54, 1.807) is 0 Å². The van der Waals surface area contributed by atoms with E-state index in [-0.39, 0.29) is 0 Å². The molecule has 0 N–H and O–H groups in total. The maximum absolute atomic E-state index is 3.59. The quantitative estimate of drug-likeness (QED) is 0.431. The third-order valence-corrected chi connectivity index (χ3v) is 1.04. The second kappa shape index (κ2) is 4.13. The van der Waals surface area contributed by atoms with E-state index in [9.17, 15) is 0 Å². The summed E-state index contributed by atoms with van der Waals surface area (Å²) in [6, 6.07) is 0. The molecule has 0 aliphatic heterocycles. The van der Waals surface area contributed by atoms with Crippen LogP contribution in [0.3, 0.4) is 0 Å². The summed E-state index contributed by atoms with van der Waals surface area (Å²) < 4.78 is 0. The first-order chi connectivity index (χ1) is 3.31. The van der Waals surface area contributed by atoms with Gasteiger partial charge in [-0.25, -0.2) is 0 Å². The molecule has 0 aliphatic carbocycles. The molecule has 0 atom stereocenters. The van der Waals surface area contributed by atoms with Gasteiger partial charge in [-0.1, -0.05) is 40.2 Å². The smallest absolute Gasteiger partial charge is 0.0217 e. The summed E-state index contributed by atoms with van der Waals surface area (Å²) in [7, 11) is 0. The summed E-state index contributed by atoms with van der Waals surface area (Å²) in [5.74, 6) is 0. The van der Waals surface area contributed by atoms with E-state index >= 15 is 0 Å². The van der Waals surface area contributed by atoms with E-state index in [0.717, 1.165) is 5.33 Å². The number of alkyl halides is 1. The molecule has 0 fully saturated rings. The van der Waals surface area contributed by atoms with E-state index < -0.39 is 0 Å². The summed E-state index contributed by atoms with van der Waals surface area (Å²) in [5, 5.41) is 0.921. The Morgan fingerprint density at radius 2 is 2.43 bits per heavy atom. The molecule has 1 heteroatoms. The van der Waals surface area contributed by atoms with Crippen LogP contribution in [0.5, 0.6) is 0 Å². The number of hydrogen-bond donors (Lipinski definition) is 0. The van der Waals surface area contributed by atoms with Crippen LogP contribution in [-0.2, 0) is 0 Å². The maximum Gasteiger partial charge on any atom is 0.0217 e. The third-order valence-electron chi connectivity index (χ3n) is 0.721. The van der Waals surface area contributed by atoms with Gasteiger partial charge in [0.2, 0.25) is 0 Å². The van der Waals surface area contributed by atoms with Crippen molar-refractivity contribution < 1.29 is 0 Å². The van der Waals surface area contributed by atoms with Crippen molar-refractivity contribution in [3.05, 3.63) is 24.3 Å². The molecule has 40 valence electrons. The van der Waals surface area contributed by atoms with Gasteiger partial charge < -0.3 is 0 Å². The molecule has 0 heterocycles. The van der Waals surface area contributed by atoms with Crippen molar-refractivity contribution >= 4 is 15.9 Å². The summed E-state index contributed by atoms with van der Waals surface area (Å²) in [4.78, 5) is 0. The molecule has 0 radical (unpaired) electrons. The van der Waals surface area contributed by atoms with Gasteiger partial charge in [0.05, 0.1) is 0 Å².